The van der Waals surface area contributed by atoms with Crippen LogP contribution >= 0.6 is 15.9 Å². The maximum atomic E-state index is 6.49. The van der Waals surface area contributed by atoms with Gasteiger partial charge in [-0.2, -0.15) is 0 Å². The molecule has 1 aliphatic carbocycles. The van der Waals surface area contributed by atoms with E-state index in [0.717, 1.165) is 61.8 Å². The molecule has 1 aromatic heterocycles. The molecular weight excluding hydrogens is 1030 g/mol. The van der Waals surface area contributed by atoms with Crippen LogP contribution in [-0.2, 0) is 17.3 Å². The number of para-hydroxylation sites is 6. The number of hydrogen-bond donors (Lipinski definition) is 0. The van der Waals surface area contributed by atoms with Gasteiger partial charge in [0.25, 0.3) is 0 Å². The largest absolute Gasteiger partial charge is 0.457 e. The molecule has 0 unspecified atom stereocenters. The summed E-state index contributed by atoms with van der Waals surface area (Å²) in [5.41, 5.74) is 17.8. The third-order valence-electron chi connectivity index (χ3n) is 16.1. The highest BCUT2D eigenvalue weighted by atomic mass is 79.9. The van der Waals surface area contributed by atoms with Crippen molar-refractivity contribution in [2.24, 2.45) is 0 Å². The van der Waals surface area contributed by atoms with Crippen molar-refractivity contribution in [1.82, 2.24) is 4.57 Å². The smallest absolute Gasteiger partial charge is 0.132 e. The summed E-state index contributed by atoms with van der Waals surface area (Å²) in [7, 11) is 0. The summed E-state index contributed by atoms with van der Waals surface area (Å²) in [4.78, 5) is 0. The van der Waals surface area contributed by atoms with Crippen molar-refractivity contribution in [1.29, 1.82) is 0 Å². The highest BCUT2D eigenvalue weighted by Gasteiger charge is 2.46. The van der Waals surface area contributed by atoms with E-state index in [4.69, 9.17) is 9.47 Å². The van der Waals surface area contributed by atoms with E-state index >= 15 is 0 Å². The van der Waals surface area contributed by atoms with Gasteiger partial charge in [0.2, 0.25) is 0 Å². The second-order valence-corrected chi connectivity index (χ2v) is 21.3. The van der Waals surface area contributed by atoms with E-state index in [1.54, 1.807) is 0 Å². The summed E-state index contributed by atoms with van der Waals surface area (Å²) < 4.78 is 16.2. The van der Waals surface area contributed by atoms with Crippen molar-refractivity contribution in [3.63, 3.8) is 0 Å². The lowest BCUT2D eigenvalue weighted by molar-refractivity contribution is 0.434. The Kier molecular flexibility index (Phi) is 12.2. The lowest BCUT2D eigenvalue weighted by Gasteiger charge is -2.41. The normalized spacial score (nSPS) is 13.5. The van der Waals surface area contributed by atoms with Gasteiger partial charge in [-0.05, 0) is 112 Å². The molecule has 12 aromatic carbocycles. The first kappa shape index (κ1) is 47.9. The molecule has 0 saturated carbocycles. The third kappa shape index (κ3) is 8.01. The van der Waals surface area contributed by atoms with Gasteiger partial charge in [0.15, 0.2) is 0 Å². The summed E-state index contributed by atoms with van der Waals surface area (Å²) in [6.07, 6.45) is 1.10. The molecule has 0 spiro atoms. The zero-order valence-electron chi connectivity index (χ0n) is 43.2. The molecule has 0 bridgehead atoms. The second kappa shape index (κ2) is 20.1. The highest BCUT2D eigenvalue weighted by molar-refractivity contribution is 9.10. The van der Waals surface area contributed by atoms with Crippen LogP contribution in [0, 0.1) is 0 Å². The molecule has 376 valence electrons. The molecule has 3 nitrogen and oxygen atoms in total. The number of nitrogens with zero attached hydrogens (tertiary/aromatic N) is 1. The van der Waals surface area contributed by atoms with Crippen LogP contribution in [0.15, 0.2) is 308 Å². The minimum Gasteiger partial charge on any atom is -0.457 e. The van der Waals surface area contributed by atoms with Gasteiger partial charge in [-0.1, -0.05) is 259 Å². The summed E-state index contributed by atoms with van der Waals surface area (Å²) >= 11 is 3.67. The molecule has 0 amide bonds. The van der Waals surface area contributed by atoms with E-state index in [1.165, 1.54) is 66.3 Å². The summed E-state index contributed by atoms with van der Waals surface area (Å²) in [6, 6.07) is 107. The Labute approximate surface area is 469 Å². The number of benzene rings is 12. The second-order valence-electron chi connectivity index (χ2n) is 20.3. The van der Waals surface area contributed by atoms with Crippen molar-refractivity contribution in [2.75, 3.05) is 0 Å². The molecule has 0 atom stereocenters. The quantitative estimate of drug-likeness (QED) is 0.171. The van der Waals surface area contributed by atoms with Gasteiger partial charge in [-0.3, -0.25) is 0 Å². The Bertz CT molecular complexity index is 4200. The summed E-state index contributed by atoms with van der Waals surface area (Å²) in [5, 5.41) is 2.52. The summed E-state index contributed by atoms with van der Waals surface area (Å²) in [5.74, 6) is 3.59. The van der Waals surface area contributed by atoms with Crippen LogP contribution in [0.25, 0.3) is 38.6 Å². The van der Waals surface area contributed by atoms with Gasteiger partial charge in [0.1, 0.15) is 23.0 Å². The van der Waals surface area contributed by atoms with E-state index < -0.39 is 10.8 Å². The number of ether oxygens (including phenoxy) is 2. The SMILES string of the molecule is Brc1cccc(C2(c3ccccc3)c3ccccc3Oc3ccccc32)c1.c1ccc(C2(c3cccc(-n4c5ccccc5c5ccccc54)c3)c3ccccc3Oc3ccccc32)cc1.c1ccc2c(c1)Cc1ccccc1-2. The maximum Gasteiger partial charge on any atom is 0.132 e. The number of rotatable bonds is 5. The molecule has 0 N–H and O–H groups in total. The zero-order valence-corrected chi connectivity index (χ0v) is 44.8. The number of hydrogen-bond acceptors (Lipinski definition) is 2. The number of aromatic nitrogens is 1. The minimum absolute atomic E-state index is 0.434. The molecular formula is C75H52BrNO2. The molecule has 13 aromatic rings. The number of halogens is 1. The average Bonchev–Trinajstić information content (AvgIpc) is 4.28. The number of fused-ring (bicyclic) bond motifs is 10. The van der Waals surface area contributed by atoms with E-state index in [0.29, 0.717) is 0 Å². The molecule has 4 heteroatoms. The molecule has 79 heavy (non-hydrogen) atoms. The van der Waals surface area contributed by atoms with E-state index in [-0.39, 0.29) is 0 Å². The van der Waals surface area contributed by atoms with Gasteiger partial charge in [0, 0.05) is 43.2 Å². The van der Waals surface area contributed by atoms with Gasteiger partial charge < -0.3 is 14.0 Å². The molecule has 0 saturated heterocycles. The predicted molar refractivity (Wildman–Crippen MR) is 326 cm³/mol. The van der Waals surface area contributed by atoms with Crippen LogP contribution in [0.1, 0.15) is 55.6 Å². The van der Waals surface area contributed by atoms with Gasteiger partial charge >= 0.3 is 0 Å². The van der Waals surface area contributed by atoms with Gasteiger partial charge in [-0.25, -0.2) is 0 Å². The Morgan fingerprint density at radius 3 is 1.11 bits per heavy atom. The zero-order chi connectivity index (χ0) is 52.8. The van der Waals surface area contributed by atoms with E-state index in [9.17, 15) is 0 Å². The first-order valence-corrected chi connectivity index (χ1v) is 27.8. The van der Waals surface area contributed by atoms with Crippen molar-refractivity contribution in [3.8, 4) is 39.8 Å². The standard InChI is InChI=1S/C37H25NO.C25H17BrO.C13H10/c1-2-13-26(14-3-1)37(31-19-6-10-23-35(31)39-36-24-11-7-20-32(36)37)27-15-12-16-28(25-27)38-33-21-8-4-17-29(33)30-18-5-9-22-34(30)38;26-20-12-8-11-19(17-20)25(18-9-2-1-3-10-18)21-13-4-6-15-23(21)27-24-16-7-5-14-22(24)25;1-3-7-12-10(5-1)9-11-6-2-4-8-13(11)12/h1-25H;1-17H;1-8H,9H2. The topological polar surface area (TPSA) is 23.4 Å². The molecule has 0 radical (unpaired) electrons. The van der Waals surface area contributed by atoms with E-state index in [1.807, 2.05) is 12.1 Å². The Hall–Kier alpha value is -9.48. The van der Waals surface area contributed by atoms with Crippen molar-refractivity contribution >= 4 is 37.7 Å². The molecule has 0 fully saturated rings. The van der Waals surface area contributed by atoms with Crippen LogP contribution in [-0.4, -0.2) is 4.57 Å². The Morgan fingerprint density at radius 1 is 0.304 bits per heavy atom. The lowest BCUT2D eigenvalue weighted by Crippen LogP contribution is -2.34. The third-order valence-corrected chi connectivity index (χ3v) is 16.6. The van der Waals surface area contributed by atoms with Gasteiger partial charge in [0.05, 0.1) is 21.9 Å². The van der Waals surface area contributed by atoms with Crippen molar-refractivity contribution < 1.29 is 9.47 Å². The minimum atomic E-state index is -0.540. The van der Waals surface area contributed by atoms with Crippen LogP contribution in [0.4, 0.5) is 0 Å². The highest BCUT2D eigenvalue weighted by Crippen LogP contribution is 2.57. The van der Waals surface area contributed by atoms with E-state index in [2.05, 4.69) is 312 Å². The van der Waals surface area contributed by atoms with Crippen LogP contribution in [0.2, 0.25) is 0 Å². The van der Waals surface area contributed by atoms with Crippen LogP contribution in [0.5, 0.6) is 23.0 Å². The van der Waals surface area contributed by atoms with Gasteiger partial charge in [-0.15, -0.1) is 0 Å². The fourth-order valence-electron chi connectivity index (χ4n) is 12.8. The first-order valence-electron chi connectivity index (χ1n) is 27.0. The Balaban J connectivity index is 0.000000121. The monoisotopic (exact) mass is 1080 g/mol. The predicted octanol–water partition coefficient (Wildman–Crippen LogP) is 19.5. The molecule has 3 aliphatic rings. The van der Waals surface area contributed by atoms with Crippen molar-refractivity contribution in [2.45, 2.75) is 17.3 Å². The lowest BCUT2D eigenvalue weighted by atomic mass is 9.63. The fourth-order valence-corrected chi connectivity index (χ4v) is 13.2. The summed E-state index contributed by atoms with van der Waals surface area (Å²) in [6.45, 7) is 0. The first-order chi connectivity index (χ1) is 39.1. The molecule has 16 rings (SSSR count). The Morgan fingerprint density at radius 2 is 0.658 bits per heavy atom. The van der Waals surface area contributed by atoms with Crippen LogP contribution in [0.3, 0.4) is 0 Å². The average molecular weight is 1080 g/mol. The van der Waals surface area contributed by atoms with Crippen molar-refractivity contribution in [3.05, 3.63) is 363 Å². The van der Waals surface area contributed by atoms with Crippen LogP contribution < -0.4 is 9.47 Å². The molecule has 2 aliphatic heterocycles. The molecule has 3 heterocycles. The maximum absolute atomic E-state index is 6.49. The fraction of sp³-hybridized carbons (Fsp3) is 0.0400.